The van der Waals surface area contributed by atoms with Crippen LogP contribution >= 0.6 is 0 Å². The monoisotopic (exact) mass is 256 g/mol. The Labute approximate surface area is 107 Å². The Morgan fingerprint density at radius 3 is 2.29 bits per heavy atom. The summed E-state index contributed by atoms with van der Waals surface area (Å²) in [6.07, 6.45) is 8.15. The summed E-state index contributed by atoms with van der Waals surface area (Å²) in [7, 11) is -1.69. The zero-order valence-corrected chi connectivity index (χ0v) is 13.0. The molecule has 2 unspecified atom stereocenters. The minimum absolute atomic E-state index is 0.200. The molecule has 1 rings (SSSR count). The molecule has 100 valence electrons. The summed E-state index contributed by atoms with van der Waals surface area (Å²) < 4.78 is 6.37. The van der Waals surface area contributed by atoms with Gasteiger partial charge in [0.15, 0.2) is 8.32 Å². The van der Waals surface area contributed by atoms with E-state index in [0.29, 0.717) is 0 Å². The van der Waals surface area contributed by atoms with Crippen LogP contribution in [0.4, 0.5) is 0 Å². The fourth-order valence-corrected chi connectivity index (χ4v) is 3.10. The van der Waals surface area contributed by atoms with Crippen LogP contribution in [-0.2, 0) is 4.43 Å². The molecule has 0 aromatic heterocycles. The number of hydrogen-bond acceptors (Lipinski definition) is 2. The molecule has 2 atom stereocenters. The zero-order chi connectivity index (χ0) is 13.1. The second-order valence-corrected chi connectivity index (χ2v) is 11.4. The Morgan fingerprint density at radius 2 is 1.71 bits per heavy atom. The van der Waals surface area contributed by atoms with E-state index in [0.717, 1.165) is 25.7 Å². The minimum Gasteiger partial charge on any atom is -0.411 e. The Morgan fingerprint density at radius 1 is 1.12 bits per heavy atom. The maximum absolute atomic E-state index is 9.66. The van der Waals surface area contributed by atoms with Gasteiger partial charge in [-0.25, -0.2) is 0 Å². The van der Waals surface area contributed by atoms with Crippen molar-refractivity contribution in [3.8, 4) is 0 Å². The second-order valence-electron chi connectivity index (χ2n) is 6.65. The van der Waals surface area contributed by atoms with Crippen molar-refractivity contribution in [1.82, 2.24) is 0 Å². The Balaban J connectivity index is 2.66. The molecule has 0 amide bonds. The van der Waals surface area contributed by atoms with Crippen molar-refractivity contribution in [1.29, 1.82) is 0 Å². The molecule has 0 aromatic rings. The van der Waals surface area contributed by atoms with E-state index in [-0.39, 0.29) is 17.2 Å². The average Bonchev–Trinajstić information content (AvgIpc) is 2.15. The molecular formula is C14H28O2Si. The maximum atomic E-state index is 9.66. The van der Waals surface area contributed by atoms with Crippen molar-refractivity contribution in [3.05, 3.63) is 12.2 Å². The van der Waals surface area contributed by atoms with Crippen LogP contribution in [0.25, 0.3) is 0 Å². The molecule has 0 fully saturated rings. The highest BCUT2D eigenvalue weighted by Gasteiger charge is 2.38. The lowest BCUT2D eigenvalue weighted by Gasteiger charge is -2.39. The van der Waals surface area contributed by atoms with Gasteiger partial charge >= 0.3 is 0 Å². The van der Waals surface area contributed by atoms with Gasteiger partial charge in [0, 0.05) is 0 Å². The zero-order valence-electron chi connectivity index (χ0n) is 12.0. The predicted molar refractivity (Wildman–Crippen MR) is 75.7 cm³/mol. The normalized spacial score (nSPS) is 27.6. The Kier molecular flexibility index (Phi) is 4.99. The molecule has 0 saturated carbocycles. The highest BCUT2D eigenvalue weighted by atomic mass is 28.4. The molecule has 1 aliphatic carbocycles. The van der Waals surface area contributed by atoms with E-state index in [4.69, 9.17) is 4.43 Å². The maximum Gasteiger partial charge on any atom is 0.192 e. The third-order valence-electron chi connectivity index (χ3n) is 4.04. The second kappa shape index (κ2) is 5.68. The molecule has 0 aromatic carbocycles. The fraction of sp³-hybridized carbons (Fsp3) is 0.857. The van der Waals surface area contributed by atoms with Gasteiger partial charge in [-0.1, -0.05) is 45.8 Å². The predicted octanol–water partition coefficient (Wildman–Crippen LogP) is 3.87. The van der Waals surface area contributed by atoms with Gasteiger partial charge in [-0.2, -0.15) is 0 Å². The quantitative estimate of drug-likeness (QED) is 0.600. The molecule has 17 heavy (non-hydrogen) atoms. The minimum atomic E-state index is -1.69. The summed E-state index contributed by atoms with van der Waals surface area (Å²) in [5, 5.41) is 9.91. The van der Waals surface area contributed by atoms with E-state index in [9.17, 15) is 5.11 Å². The lowest BCUT2D eigenvalue weighted by Crippen LogP contribution is -2.43. The lowest BCUT2D eigenvalue weighted by atomic mass is 10.0. The van der Waals surface area contributed by atoms with Gasteiger partial charge in [-0.15, -0.1) is 0 Å². The summed E-state index contributed by atoms with van der Waals surface area (Å²) >= 11 is 0. The Bertz CT molecular complexity index is 266. The van der Waals surface area contributed by atoms with Gasteiger partial charge in [-0.3, -0.25) is 0 Å². The third kappa shape index (κ3) is 4.57. The Hall–Kier alpha value is -0.123. The number of hydrogen-bond donors (Lipinski definition) is 1. The van der Waals surface area contributed by atoms with Crippen molar-refractivity contribution >= 4 is 8.32 Å². The molecule has 1 aliphatic rings. The molecule has 0 radical (unpaired) electrons. The molecule has 0 heterocycles. The van der Waals surface area contributed by atoms with E-state index < -0.39 is 8.32 Å². The van der Waals surface area contributed by atoms with Crippen molar-refractivity contribution in [2.45, 2.75) is 76.8 Å². The molecule has 2 nitrogen and oxygen atoms in total. The number of rotatable bonds is 2. The van der Waals surface area contributed by atoms with E-state index in [1.165, 1.54) is 0 Å². The van der Waals surface area contributed by atoms with Crippen LogP contribution < -0.4 is 0 Å². The van der Waals surface area contributed by atoms with Crippen LogP contribution in [-0.4, -0.2) is 25.6 Å². The van der Waals surface area contributed by atoms with Crippen LogP contribution in [0.3, 0.4) is 0 Å². The molecular weight excluding hydrogens is 228 g/mol. The first-order chi connectivity index (χ1) is 7.72. The first-order valence-corrected chi connectivity index (χ1v) is 9.67. The summed E-state index contributed by atoms with van der Waals surface area (Å²) in [5.74, 6) is 0. The largest absolute Gasteiger partial charge is 0.411 e. The SMILES string of the molecule is CC(C)(C)[Si](C)(C)OC1C=CC(O)CCCC1. The highest BCUT2D eigenvalue weighted by molar-refractivity contribution is 6.74. The van der Waals surface area contributed by atoms with Gasteiger partial charge in [0.25, 0.3) is 0 Å². The number of aliphatic hydroxyl groups is 1. The van der Waals surface area contributed by atoms with E-state index >= 15 is 0 Å². The number of aliphatic hydroxyl groups excluding tert-OH is 1. The van der Waals surface area contributed by atoms with Gasteiger partial charge in [0.05, 0.1) is 12.2 Å². The standard InChI is InChI=1S/C14H28O2Si/c1-14(2,3)17(4,5)16-13-9-7-6-8-12(15)10-11-13/h10-13,15H,6-9H2,1-5H3. The molecule has 0 saturated heterocycles. The van der Waals surface area contributed by atoms with E-state index in [1.807, 2.05) is 6.08 Å². The lowest BCUT2D eigenvalue weighted by molar-refractivity contribution is 0.178. The topological polar surface area (TPSA) is 29.5 Å². The average molecular weight is 256 g/mol. The van der Waals surface area contributed by atoms with Crippen molar-refractivity contribution in [2.75, 3.05) is 0 Å². The van der Waals surface area contributed by atoms with Gasteiger partial charge in [0.1, 0.15) is 0 Å². The van der Waals surface area contributed by atoms with Crippen molar-refractivity contribution in [2.24, 2.45) is 0 Å². The molecule has 0 spiro atoms. The molecule has 0 aliphatic heterocycles. The highest BCUT2D eigenvalue weighted by Crippen LogP contribution is 2.38. The summed E-state index contributed by atoms with van der Waals surface area (Å²) in [4.78, 5) is 0. The van der Waals surface area contributed by atoms with E-state index in [1.54, 1.807) is 0 Å². The molecule has 1 N–H and O–H groups in total. The smallest absolute Gasteiger partial charge is 0.192 e. The first-order valence-electron chi connectivity index (χ1n) is 6.76. The van der Waals surface area contributed by atoms with Crippen LogP contribution in [0.15, 0.2) is 12.2 Å². The van der Waals surface area contributed by atoms with Crippen LogP contribution in [0.1, 0.15) is 46.5 Å². The first kappa shape index (κ1) is 14.9. The summed E-state index contributed by atoms with van der Waals surface area (Å²) in [6, 6.07) is 0. The fourth-order valence-electron chi connectivity index (χ4n) is 1.80. The molecule has 0 bridgehead atoms. The van der Waals surface area contributed by atoms with E-state index in [2.05, 4.69) is 39.9 Å². The van der Waals surface area contributed by atoms with Crippen molar-refractivity contribution in [3.63, 3.8) is 0 Å². The van der Waals surface area contributed by atoms with Crippen LogP contribution in [0.5, 0.6) is 0 Å². The van der Waals surface area contributed by atoms with Crippen LogP contribution in [0.2, 0.25) is 18.1 Å². The summed E-state index contributed by atoms with van der Waals surface area (Å²) in [5.41, 5.74) is 0. The van der Waals surface area contributed by atoms with Gasteiger partial charge in [-0.05, 0) is 31.0 Å². The van der Waals surface area contributed by atoms with Gasteiger partial charge in [0.2, 0.25) is 0 Å². The third-order valence-corrected chi connectivity index (χ3v) is 8.54. The van der Waals surface area contributed by atoms with Crippen molar-refractivity contribution < 1.29 is 9.53 Å². The van der Waals surface area contributed by atoms with Crippen LogP contribution in [0, 0.1) is 0 Å². The summed E-state index contributed by atoms with van der Waals surface area (Å²) in [6.45, 7) is 11.4. The van der Waals surface area contributed by atoms with Gasteiger partial charge < -0.3 is 9.53 Å². The molecule has 3 heteroatoms.